The van der Waals surface area contributed by atoms with Crippen molar-refractivity contribution < 1.29 is 9.18 Å². The molecule has 0 spiro atoms. The minimum Gasteiger partial charge on any atom is -0.345 e. The quantitative estimate of drug-likeness (QED) is 0.706. The number of fused-ring (bicyclic) bond motifs is 1. The third-order valence-electron chi connectivity index (χ3n) is 4.63. The summed E-state index contributed by atoms with van der Waals surface area (Å²) in [6.45, 7) is 10.0. The van der Waals surface area contributed by atoms with Gasteiger partial charge in [-0.15, -0.1) is 0 Å². The average Bonchev–Trinajstić information content (AvgIpc) is 3.05. The van der Waals surface area contributed by atoms with Gasteiger partial charge in [0.05, 0.1) is 23.2 Å². The Labute approximate surface area is 158 Å². The molecule has 0 bridgehead atoms. The van der Waals surface area contributed by atoms with Crippen LogP contribution in [0.4, 0.5) is 4.39 Å². The molecule has 3 rings (SSSR count). The number of hydrogen-bond acceptors (Lipinski definition) is 3. The van der Waals surface area contributed by atoms with Crippen LogP contribution >= 0.6 is 0 Å². The van der Waals surface area contributed by atoms with Gasteiger partial charge in [0.2, 0.25) is 0 Å². The normalized spacial score (nSPS) is 12.7. The van der Waals surface area contributed by atoms with E-state index in [1.54, 1.807) is 18.3 Å². The minimum absolute atomic E-state index is 0.145. The number of nitrogens with one attached hydrogen (secondary N) is 1. The molecule has 0 saturated carbocycles. The lowest BCUT2D eigenvalue weighted by Gasteiger charge is -2.16. The van der Waals surface area contributed by atoms with E-state index in [0.29, 0.717) is 5.56 Å². The number of nitrogens with zero attached hydrogens (tertiary/aromatic N) is 3. The van der Waals surface area contributed by atoms with Crippen molar-refractivity contribution in [3.05, 3.63) is 59.2 Å². The van der Waals surface area contributed by atoms with E-state index in [0.717, 1.165) is 22.3 Å². The molecule has 0 unspecified atom stereocenters. The molecule has 0 aliphatic carbocycles. The van der Waals surface area contributed by atoms with Crippen LogP contribution < -0.4 is 5.32 Å². The van der Waals surface area contributed by atoms with Crippen LogP contribution in [0.5, 0.6) is 0 Å². The van der Waals surface area contributed by atoms with Crippen molar-refractivity contribution >= 4 is 16.9 Å². The van der Waals surface area contributed by atoms with Crippen LogP contribution in [0.1, 0.15) is 74.2 Å². The van der Waals surface area contributed by atoms with Crippen molar-refractivity contribution in [3.8, 4) is 0 Å². The van der Waals surface area contributed by atoms with E-state index in [1.165, 1.54) is 12.1 Å². The van der Waals surface area contributed by atoms with Gasteiger partial charge in [0.15, 0.2) is 5.65 Å². The lowest BCUT2D eigenvalue weighted by molar-refractivity contribution is 0.0941. The zero-order valence-corrected chi connectivity index (χ0v) is 16.3. The molecule has 0 saturated heterocycles. The van der Waals surface area contributed by atoms with Gasteiger partial charge in [0.1, 0.15) is 5.82 Å². The van der Waals surface area contributed by atoms with Gasteiger partial charge >= 0.3 is 0 Å². The number of pyridine rings is 1. The highest BCUT2D eigenvalue weighted by Gasteiger charge is 2.20. The summed E-state index contributed by atoms with van der Waals surface area (Å²) in [6, 6.07) is 7.89. The number of carbonyl (C=O) groups is 1. The standard InChI is InChI=1S/C21H25FN4O/c1-12(2)19-10-17(18-11-23-26(13(3)4)20(18)25-19)21(27)24-14(5)15-6-8-16(22)9-7-15/h6-14H,1-5H3,(H,24,27)/t14-/m0/s1. The monoisotopic (exact) mass is 368 g/mol. The first-order valence-corrected chi connectivity index (χ1v) is 9.22. The van der Waals surface area contributed by atoms with Crippen LogP contribution in [0, 0.1) is 5.82 Å². The molecule has 0 fully saturated rings. The molecule has 2 aromatic heterocycles. The summed E-state index contributed by atoms with van der Waals surface area (Å²) in [4.78, 5) is 17.7. The van der Waals surface area contributed by atoms with Crippen LogP contribution in [0.2, 0.25) is 0 Å². The van der Waals surface area contributed by atoms with E-state index in [9.17, 15) is 9.18 Å². The Bertz CT molecular complexity index is 960. The van der Waals surface area contributed by atoms with E-state index in [1.807, 2.05) is 45.4 Å². The molecule has 3 aromatic rings. The van der Waals surface area contributed by atoms with Gasteiger partial charge in [-0.3, -0.25) is 4.79 Å². The molecule has 0 radical (unpaired) electrons. The van der Waals surface area contributed by atoms with Crippen LogP contribution in [-0.4, -0.2) is 20.7 Å². The number of carbonyl (C=O) groups excluding carboxylic acids is 1. The second-order valence-corrected chi connectivity index (χ2v) is 7.42. The van der Waals surface area contributed by atoms with Gasteiger partial charge in [-0.25, -0.2) is 14.1 Å². The van der Waals surface area contributed by atoms with Gasteiger partial charge < -0.3 is 5.32 Å². The summed E-state index contributed by atoms with van der Waals surface area (Å²) in [7, 11) is 0. The molecular formula is C21H25FN4O. The average molecular weight is 368 g/mol. The summed E-state index contributed by atoms with van der Waals surface area (Å²) >= 11 is 0. The molecule has 142 valence electrons. The van der Waals surface area contributed by atoms with E-state index < -0.39 is 0 Å². The number of rotatable bonds is 5. The number of benzene rings is 1. The molecule has 27 heavy (non-hydrogen) atoms. The third kappa shape index (κ3) is 3.84. The molecular weight excluding hydrogens is 343 g/mol. The first kappa shape index (κ1) is 19.0. The minimum atomic E-state index is -0.296. The van der Waals surface area contributed by atoms with Crippen molar-refractivity contribution in [2.24, 2.45) is 0 Å². The molecule has 6 heteroatoms. The smallest absolute Gasteiger partial charge is 0.252 e. The molecule has 1 atom stereocenters. The molecule has 5 nitrogen and oxygen atoms in total. The molecule has 1 N–H and O–H groups in total. The van der Waals surface area contributed by atoms with E-state index >= 15 is 0 Å². The Morgan fingerprint density at radius 1 is 1.11 bits per heavy atom. The zero-order valence-electron chi connectivity index (χ0n) is 16.3. The topological polar surface area (TPSA) is 59.8 Å². The molecule has 1 aromatic carbocycles. The van der Waals surface area contributed by atoms with Crippen LogP contribution in [0.3, 0.4) is 0 Å². The fourth-order valence-corrected chi connectivity index (χ4v) is 3.01. The first-order chi connectivity index (χ1) is 12.8. The van der Waals surface area contributed by atoms with Crippen LogP contribution in [0.15, 0.2) is 36.5 Å². The fourth-order valence-electron chi connectivity index (χ4n) is 3.01. The number of hydrogen-bond donors (Lipinski definition) is 1. The summed E-state index contributed by atoms with van der Waals surface area (Å²) in [6.07, 6.45) is 1.70. The van der Waals surface area contributed by atoms with Gasteiger partial charge in [0.25, 0.3) is 5.91 Å². The maximum atomic E-state index is 13.1. The van der Waals surface area contributed by atoms with Gasteiger partial charge in [0, 0.05) is 11.7 Å². The van der Waals surface area contributed by atoms with E-state index in [2.05, 4.69) is 10.4 Å². The summed E-state index contributed by atoms with van der Waals surface area (Å²) in [5, 5.41) is 8.15. The number of aromatic nitrogens is 3. The van der Waals surface area contributed by atoms with Crippen molar-refractivity contribution in [3.63, 3.8) is 0 Å². The van der Waals surface area contributed by atoms with Crippen LogP contribution in [0.25, 0.3) is 11.0 Å². The Morgan fingerprint density at radius 3 is 2.37 bits per heavy atom. The maximum absolute atomic E-state index is 13.1. The Morgan fingerprint density at radius 2 is 1.78 bits per heavy atom. The predicted octanol–water partition coefficient (Wildman–Crippen LogP) is 4.77. The Balaban J connectivity index is 1.99. The van der Waals surface area contributed by atoms with Gasteiger partial charge in [-0.1, -0.05) is 26.0 Å². The largest absolute Gasteiger partial charge is 0.345 e. The van der Waals surface area contributed by atoms with Crippen molar-refractivity contribution in [2.45, 2.75) is 52.6 Å². The highest BCUT2D eigenvalue weighted by molar-refractivity contribution is 6.05. The zero-order chi connectivity index (χ0) is 19.7. The van der Waals surface area contributed by atoms with Gasteiger partial charge in [-0.2, -0.15) is 5.10 Å². The summed E-state index contributed by atoms with van der Waals surface area (Å²) in [5.41, 5.74) is 2.97. The van der Waals surface area contributed by atoms with Crippen molar-refractivity contribution in [1.82, 2.24) is 20.1 Å². The molecule has 1 amide bonds. The second-order valence-electron chi connectivity index (χ2n) is 7.42. The lowest BCUT2D eigenvalue weighted by atomic mass is 10.0. The summed E-state index contributed by atoms with van der Waals surface area (Å²) in [5.74, 6) is -0.300. The highest BCUT2D eigenvalue weighted by Crippen LogP contribution is 2.25. The maximum Gasteiger partial charge on any atom is 0.252 e. The molecule has 2 heterocycles. The molecule has 0 aliphatic rings. The van der Waals surface area contributed by atoms with Crippen LogP contribution in [-0.2, 0) is 0 Å². The number of amides is 1. The summed E-state index contributed by atoms with van der Waals surface area (Å²) < 4.78 is 15.0. The van der Waals surface area contributed by atoms with Gasteiger partial charge in [-0.05, 0) is 50.5 Å². The SMILES string of the molecule is CC(C)c1cc(C(=O)N[C@@H](C)c2ccc(F)cc2)c2cnn(C(C)C)c2n1. The fraction of sp³-hybridized carbons (Fsp3) is 0.381. The van der Waals surface area contributed by atoms with Crippen molar-refractivity contribution in [2.75, 3.05) is 0 Å². The third-order valence-corrected chi connectivity index (χ3v) is 4.63. The second kappa shape index (κ2) is 7.47. The van der Waals surface area contributed by atoms with E-state index in [-0.39, 0.29) is 29.7 Å². The van der Waals surface area contributed by atoms with E-state index in [4.69, 9.17) is 4.98 Å². The first-order valence-electron chi connectivity index (χ1n) is 9.22. The molecule has 0 aliphatic heterocycles. The Kier molecular flexibility index (Phi) is 5.26. The van der Waals surface area contributed by atoms with Crippen molar-refractivity contribution in [1.29, 1.82) is 0 Å². The number of halogens is 1. The lowest BCUT2D eigenvalue weighted by Crippen LogP contribution is -2.27. The Hall–Kier alpha value is -2.76. The predicted molar refractivity (Wildman–Crippen MR) is 104 cm³/mol. The highest BCUT2D eigenvalue weighted by atomic mass is 19.1.